The van der Waals surface area contributed by atoms with Crippen molar-refractivity contribution in [2.75, 3.05) is 13.6 Å². The van der Waals surface area contributed by atoms with Gasteiger partial charge in [-0.2, -0.15) is 5.10 Å². The molecule has 2 atom stereocenters. The number of aromatic nitrogens is 2. The Morgan fingerprint density at radius 1 is 1.31 bits per heavy atom. The predicted octanol–water partition coefficient (Wildman–Crippen LogP) is 4.77. The van der Waals surface area contributed by atoms with E-state index in [9.17, 15) is 0 Å². The maximum absolute atomic E-state index is 15.3. The van der Waals surface area contributed by atoms with E-state index in [0.717, 1.165) is 41.3 Å². The van der Waals surface area contributed by atoms with Crippen molar-refractivity contribution in [3.05, 3.63) is 47.7 Å². The number of hydrogen-bond acceptors (Lipinski definition) is 5. The SMILES string of the molecule is C=N/C(NC(CN)CC(C)C)=C(F)\C=C(/c1ccc2c(cnn2C)c1)C(C)CCC.CN. The van der Waals surface area contributed by atoms with Crippen LogP contribution in [0.4, 0.5) is 4.39 Å². The molecule has 0 spiro atoms. The molecular weight excluding hydrogens is 403 g/mol. The molecule has 0 amide bonds. The topological polar surface area (TPSA) is 94.2 Å². The van der Waals surface area contributed by atoms with Crippen LogP contribution in [0.1, 0.15) is 52.5 Å². The van der Waals surface area contributed by atoms with Crippen LogP contribution >= 0.6 is 0 Å². The quantitative estimate of drug-likeness (QED) is 0.344. The van der Waals surface area contributed by atoms with Gasteiger partial charge in [0.2, 0.25) is 0 Å². The van der Waals surface area contributed by atoms with E-state index < -0.39 is 5.83 Å². The second kappa shape index (κ2) is 13.8. The van der Waals surface area contributed by atoms with Crippen LogP contribution < -0.4 is 16.8 Å². The van der Waals surface area contributed by atoms with Crippen molar-refractivity contribution in [1.29, 1.82) is 0 Å². The molecule has 0 radical (unpaired) electrons. The van der Waals surface area contributed by atoms with Gasteiger partial charge in [-0.15, -0.1) is 0 Å². The smallest absolute Gasteiger partial charge is 0.165 e. The zero-order chi connectivity index (χ0) is 24.3. The molecule has 1 aromatic heterocycles. The van der Waals surface area contributed by atoms with Gasteiger partial charge in [0.05, 0.1) is 11.7 Å². The average Bonchev–Trinajstić information content (AvgIpc) is 3.15. The van der Waals surface area contributed by atoms with Crippen molar-refractivity contribution >= 4 is 23.2 Å². The largest absolute Gasteiger partial charge is 0.364 e. The molecule has 0 bridgehead atoms. The molecule has 0 aliphatic carbocycles. The third-order valence-corrected chi connectivity index (χ3v) is 5.38. The highest BCUT2D eigenvalue weighted by atomic mass is 19.1. The van der Waals surface area contributed by atoms with Gasteiger partial charge >= 0.3 is 0 Å². The lowest BCUT2D eigenvalue weighted by atomic mass is 9.89. The fourth-order valence-electron chi connectivity index (χ4n) is 3.81. The fourth-order valence-corrected chi connectivity index (χ4v) is 3.81. The van der Waals surface area contributed by atoms with Crippen molar-refractivity contribution in [2.24, 2.45) is 35.3 Å². The molecule has 0 fully saturated rings. The van der Waals surface area contributed by atoms with Crippen LogP contribution in [0.15, 0.2) is 47.1 Å². The lowest BCUT2D eigenvalue weighted by Gasteiger charge is -2.21. The number of nitrogens with one attached hydrogen (secondary N) is 1. The summed E-state index contributed by atoms with van der Waals surface area (Å²) in [5.74, 6) is 0.371. The third-order valence-electron chi connectivity index (χ3n) is 5.38. The normalized spacial score (nSPS) is 14.5. The minimum Gasteiger partial charge on any atom is -0.364 e. The Balaban J connectivity index is 0.00000249. The molecule has 0 aliphatic rings. The van der Waals surface area contributed by atoms with Gasteiger partial charge in [-0.1, -0.05) is 40.2 Å². The Hall–Kier alpha value is -2.51. The molecule has 1 aromatic carbocycles. The molecular formula is C25H41FN6. The van der Waals surface area contributed by atoms with Crippen LogP contribution in [0.3, 0.4) is 0 Å². The van der Waals surface area contributed by atoms with E-state index in [4.69, 9.17) is 5.73 Å². The van der Waals surface area contributed by atoms with E-state index in [0.29, 0.717) is 12.5 Å². The van der Waals surface area contributed by atoms with Crippen LogP contribution in [-0.4, -0.2) is 36.1 Å². The van der Waals surface area contributed by atoms with E-state index in [1.807, 2.05) is 30.1 Å². The first-order chi connectivity index (χ1) is 15.3. The van der Waals surface area contributed by atoms with Crippen molar-refractivity contribution < 1.29 is 4.39 Å². The third kappa shape index (κ3) is 7.57. The first kappa shape index (κ1) is 27.5. The summed E-state index contributed by atoms with van der Waals surface area (Å²) in [7, 11) is 3.42. The lowest BCUT2D eigenvalue weighted by Crippen LogP contribution is -2.36. The molecule has 0 saturated heterocycles. The molecule has 2 aromatic rings. The van der Waals surface area contributed by atoms with Gasteiger partial charge in [0.1, 0.15) is 0 Å². The van der Waals surface area contributed by atoms with E-state index in [1.165, 1.54) is 7.05 Å². The number of nitrogens with two attached hydrogens (primary N) is 2. The first-order valence-corrected chi connectivity index (χ1v) is 11.3. The second-order valence-corrected chi connectivity index (χ2v) is 8.39. The van der Waals surface area contributed by atoms with Crippen LogP contribution in [0.25, 0.3) is 16.5 Å². The Labute approximate surface area is 192 Å². The molecule has 2 unspecified atom stereocenters. The summed E-state index contributed by atoms with van der Waals surface area (Å²) in [5, 5.41) is 8.49. The molecule has 7 heteroatoms. The molecule has 6 nitrogen and oxygen atoms in total. The fraction of sp³-hybridized carbons (Fsp3) is 0.520. The number of benzene rings is 1. The Morgan fingerprint density at radius 2 is 2.00 bits per heavy atom. The van der Waals surface area contributed by atoms with Gasteiger partial charge in [0.15, 0.2) is 11.6 Å². The molecule has 0 saturated carbocycles. The van der Waals surface area contributed by atoms with E-state index in [2.05, 4.69) is 61.6 Å². The van der Waals surface area contributed by atoms with E-state index >= 15 is 4.39 Å². The summed E-state index contributed by atoms with van der Waals surface area (Å²) >= 11 is 0. The standard InChI is InChI=1S/C24H36FN5.CH5N/c1-7-8-17(4)21(18-9-10-23-19(12-18)15-28-30(23)6)13-22(25)24(27-5)29-20(14-26)11-16(2)3;1-2/h9-10,12-13,15-17,20,29H,5,7-8,11,14,26H2,1-4,6H3;2H2,1H3/b21-13-,24-22-;. The molecule has 1 heterocycles. The highest BCUT2D eigenvalue weighted by Crippen LogP contribution is 2.31. The van der Waals surface area contributed by atoms with Gasteiger partial charge in [-0.25, -0.2) is 9.38 Å². The molecule has 5 N–H and O–H groups in total. The number of nitrogens with zero attached hydrogens (tertiary/aromatic N) is 3. The second-order valence-electron chi connectivity index (χ2n) is 8.39. The minimum atomic E-state index is -0.420. The van der Waals surface area contributed by atoms with Gasteiger partial charge < -0.3 is 16.8 Å². The van der Waals surface area contributed by atoms with Gasteiger partial charge in [-0.05, 0) is 67.8 Å². The summed E-state index contributed by atoms with van der Waals surface area (Å²) in [6, 6.07) is 6.09. The maximum Gasteiger partial charge on any atom is 0.165 e. The summed E-state index contributed by atoms with van der Waals surface area (Å²) in [6.45, 7) is 12.5. The lowest BCUT2D eigenvalue weighted by molar-refractivity contribution is 0.444. The number of allylic oxidation sites excluding steroid dienone is 3. The van der Waals surface area contributed by atoms with Gasteiger partial charge in [-0.3, -0.25) is 4.68 Å². The van der Waals surface area contributed by atoms with Crippen molar-refractivity contribution in [1.82, 2.24) is 15.1 Å². The molecule has 0 aliphatic heterocycles. The van der Waals surface area contributed by atoms with Crippen molar-refractivity contribution in [2.45, 2.75) is 53.0 Å². The predicted molar refractivity (Wildman–Crippen MR) is 136 cm³/mol. The number of hydrogen-bond donors (Lipinski definition) is 3. The molecule has 178 valence electrons. The van der Waals surface area contributed by atoms with Crippen molar-refractivity contribution in [3.8, 4) is 0 Å². The van der Waals surface area contributed by atoms with Crippen LogP contribution in [0, 0.1) is 11.8 Å². The number of rotatable bonds is 11. The Morgan fingerprint density at radius 3 is 2.56 bits per heavy atom. The highest BCUT2D eigenvalue weighted by molar-refractivity contribution is 5.84. The van der Waals surface area contributed by atoms with E-state index in [1.54, 1.807) is 6.08 Å². The Bertz CT molecular complexity index is 912. The van der Waals surface area contributed by atoms with Gasteiger partial charge in [0, 0.05) is 25.0 Å². The zero-order valence-electron chi connectivity index (χ0n) is 20.5. The molecule has 2 rings (SSSR count). The number of aliphatic imine (C=N–C) groups is 1. The van der Waals surface area contributed by atoms with Crippen molar-refractivity contribution in [3.63, 3.8) is 0 Å². The number of halogens is 1. The summed E-state index contributed by atoms with van der Waals surface area (Å²) in [4.78, 5) is 3.92. The van der Waals surface area contributed by atoms with Crippen LogP contribution in [0.5, 0.6) is 0 Å². The molecule has 32 heavy (non-hydrogen) atoms. The monoisotopic (exact) mass is 444 g/mol. The zero-order valence-corrected chi connectivity index (χ0v) is 20.5. The van der Waals surface area contributed by atoms with Gasteiger partial charge in [0.25, 0.3) is 0 Å². The van der Waals surface area contributed by atoms with E-state index in [-0.39, 0.29) is 17.8 Å². The maximum atomic E-state index is 15.3. The minimum absolute atomic E-state index is 0.0482. The average molecular weight is 445 g/mol. The highest BCUT2D eigenvalue weighted by Gasteiger charge is 2.16. The summed E-state index contributed by atoms with van der Waals surface area (Å²) < 4.78 is 17.1. The summed E-state index contributed by atoms with van der Waals surface area (Å²) in [6.07, 6.45) is 6.25. The Kier molecular flexibility index (Phi) is 11.9. The number of aryl methyl sites for hydroxylation is 1. The van der Waals surface area contributed by atoms with Crippen LogP contribution in [0.2, 0.25) is 0 Å². The van der Waals surface area contributed by atoms with Crippen LogP contribution in [-0.2, 0) is 7.05 Å². The summed E-state index contributed by atoms with van der Waals surface area (Å²) in [5.41, 5.74) is 13.3. The first-order valence-electron chi connectivity index (χ1n) is 11.3. The number of fused-ring (bicyclic) bond motifs is 1.